The number of hydrogen-bond donors (Lipinski definition) is 0. The van der Waals surface area contributed by atoms with E-state index in [0.29, 0.717) is 17.4 Å². The van der Waals surface area contributed by atoms with E-state index in [1.54, 1.807) is 36.0 Å². The molecule has 1 saturated heterocycles. The lowest BCUT2D eigenvalue weighted by molar-refractivity contribution is 0.0376. The standard InChI is InChI=1S/C21H27N5O3S.ClH/c1-15-5-6-17(28-3)18-19(15)30-21(23-18)26(20(27)16-7-8-22-24(16)2)10-4-9-25-11-13-29-14-12-25;/h5-8H,4,9-14H2,1-3H3;1H. The first-order valence-electron chi connectivity index (χ1n) is 10.1. The summed E-state index contributed by atoms with van der Waals surface area (Å²) in [6.07, 6.45) is 2.50. The molecule has 1 aromatic carbocycles. The molecular formula is C21H28ClN5O3S. The van der Waals surface area contributed by atoms with Gasteiger partial charge in [-0.1, -0.05) is 17.4 Å². The van der Waals surface area contributed by atoms with E-state index in [-0.39, 0.29) is 18.3 Å². The van der Waals surface area contributed by atoms with E-state index in [1.807, 2.05) is 12.1 Å². The number of ether oxygens (including phenoxy) is 2. The summed E-state index contributed by atoms with van der Waals surface area (Å²) in [4.78, 5) is 22.4. The van der Waals surface area contributed by atoms with Crippen LogP contribution in [0.1, 0.15) is 22.5 Å². The molecule has 2 aromatic heterocycles. The summed E-state index contributed by atoms with van der Waals surface area (Å²) >= 11 is 1.53. The average molecular weight is 466 g/mol. The number of amides is 1. The van der Waals surface area contributed by atoms with Gasteiger partial charge in [-0.05, 0) is 31.0 Å². The third-order valence-electron chi connectivity index (χ3n) is 5.39. The third-order valence-corrected chi connectivity index (χ3v) is 6.60. The number of hydrogen-bond acceptors (Lipinski definition) is 7. The van der Waals surface area contributed by atoms with Crippen molar-refractivity contribution in [1.29, 1.82) is 0 Å². The largest absolute Gasteiger partial charge is 0.494 e. The SMILES string of the molecule is COc1ccc(C)c2sc(N(CCCN3CCOCC3)C(=O)c3ccnn3C)nc12.Cl. The van der Waals surface area contributed by atoms with Gasteiger partial charge in [-0.3, -0.25) is 19.3 Å². The number of fused-ring (bicyclic) bond motifs is 1. The van der Waals surface area contributed by atoms with Gasteiger partial charge in [0, 0.05) is 39.4 Å². The summed E-state index contributed by atoms with van der Waals surface area (Å²) in [6.45, 7) is 6.98. The normalized spacial score (nSPS) is 14.4. The highest BCUT2D eigenvalue weighted by molar-refractivity contribution is 7.22. The lowest BCUT2D eigenvalue weighted by atomic mass is 10.2. The van der Waals surface area contributed by atoms with Gasteiger partial charge in [0.2, 0.25) is 0 Å². The summed E-state index contributed by atoms with van der Waals surface area (Å²) in [5.74, 6) is 0.631. The van der Waals surface area contributed by atoms with Crippen molar-refractivity contribution < 1.29 is 14.3 Å². The van der Waals surface area contributed by atoms with Crippen molar-refractivity contribution in [3.63, 3.8) is 0 Å². The first-order valence-corrected chi connectivity index (χ1v) is 10.9. The van der Waals surface area contributed by atoms with E-state index >= 15 is 0 Å². The van der Waals surface area contributed by atoms with Gasteiger partial charge in [0.05, 0.1) is 25.0 Å². The Morgan fingerprint density at radius 1 is 1.29 bits per heavy atom. The fourth-order valence-electron chi connectivity index (χ4n) is 3.66. The van der Waals surface area contributed by atoms with Crippen molar-refractivity contribution in [2.45, 2.75) is 13.3 Å². The van der Waals surface area contributed by atoms with Crippen LogP contribution in [0.3, 0.4) is 0 Å². The number of halogens is 1. The van der Waals surface area contributed by atoms with Crippen molar-refractivity contribution >= 4 is 45.0 Å². The molecule has 3 heterocycles. The number of carbonyl (C=O) groups excluding carboxylic acids is 1. The Morgan fingerprint density at radius 3 is 2.74 bits per heavy atom. The number of carbonyl (C=O) groups is 1. The van der Waals surface area contributed by atoms with Gasteiger partial charge < -0.3 is 9.47 Å². The highest BCUT2D eigenvalue weighted by Crippen LogP contribution is 2.36. The zero-order chi connectivity index (χ0) is 21.1. The highest BCUT2D eigenvalue weighted by atomic mass is 35.5. The number of aromatic nitrogens is 3. The van der Waals surface area contributed by atoms with E-state index in [1.165, 1.54) is 11.3 Å². The molecule has 8 nitrogen and oxygen atoms in total. The summed E-state index contributed by atoms with van der Waals surface area (Å²) < 4.78 is 13.6. The fraction of sp³-hybridized carbons (Fsp3) is 0.476. The molecule has 0 radical (unpaired) electrons. The summed E-state index contributed by atoms with van der Waals surface area (Å²) in [7, 11) is 3.43. The molecule has 0 atom stereocenters. The molecule has 31 heavy (non-hydrogen) atoms. The Hall–Kier alpha value is -2.20. The topological polar surface area (TPSA) is 72.7 Å². The molecule has 4 rings (SSSR count). The van der Waals surface area contributed by atoms with Gasteiger partial charge in [0.25, 0.3) is 5.91 Å². The summed E-state index contributed by atoms with van der Waals surface area (Å²) in [6, 6.07) is 5.69. The number of benzene rings is 1. The maximum absolute atomic E-state index is 13.4. The van der Waals surface area contributed by atoms with E-state index in [9.17, 15) is 4.79 Å². The van der Waals surface area contributed by atoms with E-state index < -0.39 is 0 Å². The first kappa shape index (κ1) is 23.5. The second-order valence-electron chi connectivity index (χ2n) is 7.36. The van der Waals surface area contributed by atoms with Crippen LogP contribution in [0.15, 0.2) is 24.4 Å². The molecule has 0 spiro atoms. The van der Waals surface area contributed by atoms with Gasteiger partial charge in [-0.15, -0.1) is 12.4 Å². The van der Waals surface area contributed by atoms with Crippen molar-refractivity contribution in [3.05, 3.63) is 35.7 Å². The van der Waals surface area contributed by atoms with Crippen molar-refractivity contribution in [3.8, 4) is 5.75 Å². The average Bonchev–Trinajstić information content (AvgIpc) is 3.39. The molecule has 3 aromatic rings. The zero-order valence-electron chi connectivity index (χ0n) is 18.0. The van der Waals surface area contributed by atoms with Crippen LogP contribution in [0.4, 0.5) is 5.13 Å². The monoisotopic (exact) mass is 465 g/mol. The zero-order valence-corrected chi connectivity index (χ0v) is 19.7. The number of morpholine rings is 1. The quantitative estimate of drug-likeness (QED) is 0.533. The van der Waals surface area contributed by atoms with Gasteiger partial charge >= 0.3 is 0 Å². The molecule has 0 unspecified atom stereocenters. The Bertz CT molecular complexity index is 1030. The first-order chi connectivity index (χ1) is 14.6. The predicted octanol–water partition coefficient (Wildman–Crippen LogP) is 3.14. The van der Waals surface area contributed by atoms with Crippen LogP contribution in [0.25, 0.3) is 10.2 Å². The molecule has 1 amide bonds. The minimum atomic E-state index is -0.0901. The lowest BCUT2D eigenvalue weighted by Gasteiger charge is -2.27. The lowest BCUT2D eigenvalue weighted by Crippen LogP contribution is -2.39. The number of methoxy groups -OCH3 is 1. The molecule has 0 saturated carbocycles. The maximum Gasteiger partial charge on any atom is 0.278 e. The summed E-state index contributed by atoms with van der Waals surface area (Å²) in [5, 5.41) is 4.85. The van der Waals surface area contributed by atoms with Crippen molar-refractivity contribution in [2.75, 3.05) is 51.4 Å². The molecule has 1 aliphatic heterocycles. The smallest absolute Gasteiger partial charge is 0.278 e. The van der Waals surface area contributed by atoms with Crippen LogP contribution >= 0.6 is 23.7 Å². The van der Waals surface area contributed by atoms with E-state index in [0.717, 1.165) is 60.8 Å². The van der Waals surface area contributed by atoms with Crippen LogP contribution in [0, 0.1) is 6.92 Å². The number of anilines is 1. The van der Waals surface area contributed by atoms with E-state index in [4.69, 9.17) is 14.5 Å². The van der Waals surface area contributed by atoms with Crippen LogP contribution in [0.2, 0.25) is 0 Å². The Labute approximate surface area is 192 Å². The molecule has 168 valence electrons. The Kier molecular flexibility index (Phi) is 7.88. The van der Waals surface area contributed by atoms with Crippen LogP contribution in [0.5, 0.6) is 5.75 Å². The van der Waals surface area contributed by atoms with Gasteiger partial charge in [0.1, 0.15) is 17.0 Å². The molecule has 1 fully saturated rings. The third kappa shape index (κ3) is 5.01. The Balaban J connectivity index is 0.00000272. The molecule has 10 heteroatoms. The maximum atomic E-state index is 13.4. The fourth-order valence-corrected chi connectivity index (χ4v) is 4.74. The van der Waals surface area contributed by atoms with Gasteiger partial charge in [-0.2, -0.15) is 5.10 Å². The minimum Gasteiger partial charge on any atom is -0.494 e. The van der Waals surface area contributed by atoms with Crippen molar-refractivity contribution in [2.24, 2.45) is 7.05 Å². The molecule has 0 N–H and O–H groups in total. The van der Waals surface area contributed by atoms with Crippen LogP contribution < -0.4 is 9.64 Å². The Morgan fingerprint density at radius 2 is 2.06 bits per heavy atom. The molecule has 1 aliphatic rings. The molecule has 0 bridgehead atoms. The highest BCUT2D eigenvalue weighted by Gasteiger charge is 2.25. The number of nitrogens with zero attached hydrogens (tertiary/aromatic N) is 5. The van der Waals surface area contributed by atoms with Crippen molar-refractivity contribution in [1.82, 2.24) is 19.7 Å². The second-order valence-corrected chi connectivity index (χ2v) is 8.34. The van der Waals surface area contributed by atoms with E-state index in [2.05, 4.69) is 16.9 Å². The molecular weight excluding hydrogens is 438 g/mol. The predicted molar refractivity (Wildman–Crippen MR) is 125 cm³/mol. The number of rotatable bonds is 7. The van der Waals surface area contributed by atoms with Gasteiger partial charge in [0.15, 0.2) is 5.13 Å². The molecule has 0 aliphatic carbocycles. The number of aryl methyl sites for hydroxylation is 2. The van der Waals surface area contributed by atoms with Crippen LogP contribution in [-0.4, -0.2) is 72.1 Å². The number of thiazole rings is 1. The minimum absolute atomic E-state index is 0. The van der Waals surface area contributed by atoms with Crippen LogP contribution in [-0.2, 0) is 11.8 Å². The summed E-state index contributed by atoms with van der Waals surface area (Å²) in [5.41, 5.74) is 2.47. The second kappa shape index (κ2) is 10.4. The van der Waals surface area contributed by atoms with Gasteiger partial charge in [-0.25, -0.2) is 4.98 Å².